The molecule has 37 heavy (non-hydrogen) atoms. The maximum atomic E-state index is 3.98. The predicted octanol–water partition coefficient (Wildman–Crippen LogP) is -2.58. The third-order valence-electron chi connectivity index (χ3n) is 6.80. The van der Waals surface area contributed by atoms with Gasteiger partial charge in [-0.1, -0.05) is 114 Å². The Bertz CT molecular complexity index is 1090. The average Bonchev–Trinajstić information content (AvgIpc) is 3.15. The minimum atomic E-state index is -2.50. The van der Waals surface area contributed by atoms with Crippen molar-refractivity contribution in [2.45, 2.75) is 67.7 Å². The Morgan fingerprint density at radius 2 is 0.919 bits per heavy atom. The number of hydrogen-bond acceptors (Lipinski definition) is 0. The summed E-state index contributed by atoms with van der Waals surface area (Å²) < 4.78 is 0. The molecule has 0 fully saturated rings. The van der Waals surface area contributed by atoms with E-state index in [0.29, 0.717) is 0 Å². The van der Waals surface area contributed by atoms with Crippen molar-refractivity contribution >= 4 is 23.6 Å². The van der Waals surface area contributed by atoms with E-state index < -0.39 is 8.07 Å². The molecule has 3 aromatic rings. The summed E-state index contributed by atoms with van der Waals surface area (Å²) in [5, 5.41) is 5.97. The van der Waals surface area contributed by atoms with Crippen molar-refractivity contribution in [1.29, 1.82) is 0 Å². The number of allylic oxidation sites excluding steroid dienone is 4. The molecular weight excluding hydrogens is 567 g/mol. The molecule has 0 aromatic heterocycles. The Hall–Kier alpha value is -1.06. The summed E-state index contributed by atoms with van der Waals surface area (Å²) in [6.07, 6.45) is 9.71. The zero-order valence-corrected chi connectivity index (χ0v) is 27.9. The molecule has 0 aliphatic heterocycles. The quantitative estimate of drug-likeness (QED) is 0.165. The summed E-state index contributed by atoms with van der Waals surface area (Å²) >= 11 is 0. The first kappa shape index (κ1) is 35.9. The van der Waals surface area contributed by atoms with Gasteiger partial charge in [0.1, 0.15) is 0 Å². The normalized spacial score (nSPS) is 12.3. The maximum Gasteiger partial charge on any atom is 4.00 e. The second-order valence-corrected chi connectivity index (χ2v) is 14.0. The molecule has 194 valence electrons. The van der Waals surface area contributed by atoms with E-state index in [1.165, 1.54) is 59.7 Å². The van der Waals surface area contributed by atoms with Crippen molar-refractivity contribution < 1.29 is 58.9 Å². The molecule has 1 aliphatic carbocycles. The number of halogens is 3. The first-order chi connectivity index (χ1) is 15.7. The van der Waals surface area contributed by atoms with Crippen molar-refractivity contribution in [2.24, 2.45) is 0 Å². The summed E-state index contributed by atoms with van der Waals surface area (Å²) in [5.41, 5.74) is 9.45. The summed E-state index contributed by atoms with van der Waals surface area (Å²) in [6.45, 7) is 15.7. The molecule has 0 bridgehead atoms. The zero-order valence-electron chi connectivity index (χ0n) is 23.0. The monoisotopic (exact) mass is 602 g/mol. The molecular formula is C32H37Cl3SiTi. The SMILES string of the molecule is CCCC1=CCC([Si](c2cc(C)cc(C)c2)(c2cc(C)cc(C)c2)c2cc(C)cc(C)c2)=[C-]1.[Cl-].[Cl-].[Cl-].[Ti+4]. The minimum absolute atomic E-state index is 0. The van der Waals surface area contributed by atoms with Crippen LogP contribution in [0.4, 0.5) is 0 Å². The van der Waals surface area contributed by atoms with Gasteiger partial charge in [0.2, 0.25) is 0 Å². The molecule has 0 unspecified atom stereocenters. The van der Waals surface area contributed by atoms with Gasteiger partial charge in [-0.25, -0.2) is 11.6 Å². The van der Waals surface area contributed by atoms with Crippen LogP contribution < -0.4 is 52.8 Å². The van der Waals surface area contributed by atoms with Crippen LogP contribution in [0.25, 0.3) is 0 Å². The van der Waals surface area contributed by atoms with Gasteiger partial charge in [0.25, 0.3) is 0 Å². The molecule has 0 amide bonds. The van der Waals surface area contributed by atoms with Gasteiger partial charge in [-0.2, -0.15) is 5.20 Å². The van der Waals surface area contributed by atoms with Crippen LogP contribution in [-0.2, 0) is 21.7 Å². The van der Waals surface area contributed by atoms with Gasteiger partial charge in [0, 0.05) is 0 Å². The molecule has 0 saturated carbocycles. The van der Waals surface area contributed by atoms with E-state index in [1.54, 1.807) is 0 Å². The summed E-state index contributed by atoms with van der Waals surface area (Å²) in [5.74, 6) is 0. The van der Waals surface area contributed by atoms with E-state index in [2.05, 4.69) is 115 Å². The van der Waals surface area contributed by atoms with Crippen LogP contribution in [-0.4, -0.2) is 8.07 Å². The third kappa shape index (κ3) is 7.53. The van der Waals surface area contributed by atoms with Crippen LogP contribution in [0.1, 0.15) is 59.6 Å². The fourth-order valence-corrected chi connectivity index (χ4v) is 11.3. The largest absolute Gasteiger partial charge is 4.00 e. The molecule has 0 radical (unpaired) electrons. The second-order valence-electron chi connectivity index (χ2n) is 10.2. The van der Waals surface area contributed by atoms with Gasteiger partial charge in [-0.3, -0.25) is 6.08 Å². The summed E-state index contributed by atoms with van der Waals surface area (Å²) in [6, 6.07) is 21.7. The molecule has 0 heterocycles. The summed E-state index contributed by atoms with van der Waals surface area (Å²) in [7, 11) is -2.50. The zero-order chi connectivity index (χ0) is 23.8. The Morgan fingerprint density at radius 1 is 0.595 bits per heavy atom. The van der Waals surface area contributed by atoms with Crippen LogP contribution in [0, 0.1) is 47.6 Å². The fraction of sp³-hybridized carbons (Fsp3) is 0.312. The van der Waals surface area contributed by atoms with Crippen LogP contribution >= 0.6 is 0 Å². The van der Waals surface area contributed by atoms with E-state index >= 15 is 0 Å². The van der Waals surface area contributed by atoms with Crippen molar-refractivity contribution in [3.05, 3.63) is 111 Å². The standard InChI is InChI=1S/C32H37Si.3ClH.Ti/c1-8-9-28-10-11-29(21-28)33(30-15-22(2)12-23(3)16-30,31-17-24(4)13-25(5)18-31)32-19-26(6)14-27(7)20-32;;;;/h10,12-20H,8-9,11H2,1-7H3;3*1H;/q-1;;;;+4/p-3. The predicted molar refractivity (Wildman–Crippen MR) is 147 cm³/mol. The van der Waals surface area contributed by atoms with Gasteiger partial charge >= 0.3 is 21.7 Å². The topological polar surface area (TPSA) is 0 Å². The van der Waals surface area contributed by atoms with Gasteiger partial charge < -0.3 is 37.2 Å². The van der Waals surface area contributed by atoms with Crippen LogP contribution in [0.15, 0.2) is 71.4 Å². The molecule has 4 rings (SSSR count). The minimum Gasteiger partial charge on any atom is -1.00 e. The van der Waals surface area contributed by atoms with E-state index in [0.717, 1.165) is 19.3 Å². The summed E-state index contributed by atoms with van der Waals surface area (Å²) in [4.78, 5) is 0. The van der Waals surface area contributed by atoms with Crippen LogP contribution in [0.5, 0.6) is 0 Å². The molecule has 0 atom stereocenters. The average molecular weight is 604 g/mol. The Morgan fingerprint density at radius 3 is 1.22 bits per heavy atom. The third-order valence-corrected chi connectivity index (χ3v) is 11.5. The van der Waals surface area contributed by atoms with E-state index in [4.69, 9.17) is 0 Å². The fourth-order valence-electron chi connectivity index (χ4n) is 5.80. The molecule has 0 spiro atoms. The molecule has 0 saturated heterocycles. The smallest absolute Gasteiger partial charge is 1.00 e. The Labute approximate surface area is 259 Å². The van der Waals surface area contributed by atoms with Crippen LogP contribution in [0.2, 0.25) is 0 Å². The second kappa shape index (κ2) is 14.9. The molecule has 1 aliphatic rings. The van der Waals surface area contributed by atoms with E-state index in [-0.39, 0.29) is 58.9 Å². The molecule has 0 nitrogen and oxygen atoms in total. The molecule has 0 N–H and O–H groups in total. The number of aryl methyl sites for hydroxylation is 6. The van der Waals surface area contributed by atoms with Crippen molar-refractivity contribution in [3.8, 4) is 0 Å². The van der Waals surface area contributed by atoms with Crippen molar-refractivity contribution in [3.63, 3.8) is 0 Å². The van der Waals surface area contributed by atoms with E-state index in [9.17, 15) is 0 Å². The van der Waals surface area contributed by atoms with E-state index in [1.807, 2.05) is 0 Å². The van der Waals surface area contributed by atoms with Gasteiger partial charge in [0.05, 0.1) is 0 Å². The van der Waals surface area contributed by atoms with Gasteiger partial charge in [0.15, 0.2) is 8.07 Å². The Kier molecular flexibility index (Phi) is 14.5. The van der Waals surface area contributed by atoms with Gasteiger partial charge in [-0.15, -0.1) is 0 Å². The Balaban J connectivity index is 0.00000324. The van der Waals surface area contributed by atoms with Gasteiger partial charge in [-0.05, 0) is 57.1 Å². The van der Waals surface area contributed by atoms with Crippen molar-refractivity contribution in [2.75, 3.05) is 0 Å². The first-order valence-electron chi connectivity index (χ1n) is 12.3. The molecule has 5 heteroatoms. The maximum absolute atomic E-state index is 3.98. The molecule has 3 aromatic carbocycles. The number of benzene rings is 3. The van der Waals surface area contributed by atoms with Crippen LogP contribution in [0.3, 0.4) is 0 Å². The van der Waals surface area contributed by atoms with Crippen molar-refractivity contribution in [1.82, 2.24) is 0 Å². The number of hydrogen-bond donors (Lipinski definition) is 0. The number of rotatable bonds is 6. The first-order valence-corrected chi connectivity index (χ1v) is 14.3.